The third-order valence-corrected chi connectivity index (χ3v) is 26.0. The van der Waals surface area contributed by atoms with Gasteiger partial charge in [-0.1, -0.05) is 40.8 Å². The number of methoxy groups -OCH3 is 3. The molecule has 10 heterocycles. The average Bonchev–Trinajstić information content (AvgIpc) is 1.61. The lowest BCUT2D eigenvalue weighted by Crippen LogP contribution is -2.41. The number of aryl methyl sites for hydroxylation is 6. The predicted molar refractivity (Wildman–Crippen MR) is 487 cm³/mol. The van der Waals surface area contributed by atoms with Gasteiger partial charge in [-0.05, 0) is 231 Å². The number of nitriles is 3. The lowest BCUT2D eigenvalue weighted by Gasteiger charge is -2.35. The fourth-order valence-electron chi connectivity index (χ4n) is 16.5. The fourth-order valence-corrected chi connectivity index (χ4v) is 17.5. The first-order chi connectivity index (χ1) is 65.3. The number of carbonyl (C=O) groups excluding carboxylic acids is 3. The lowest BCUT2D eigenvalue weighted by molar-refractivity contribution is -0.275. The molecule has 1 aliphatic heterocycles. The van der Waals surface area contributed by atoms with Crippen LogP contribution in [0.15, 0.2) is 146 Å². The number of ether oxygens (including phenoxy) is 7. The highest BCUT2D eigenvalue weighted by molar-refractivity contribution is 14.1. The summed E-state index contributed by atoms with van der Waals surface area (Å²) in [6.45, 7) is 19.4. The van der Waals surface area contributed by atoms with E-state index in [0.29, 0.717) is 98.7 Å². The van der Waals surface area contributed by atoms with Crippen LogP contribution in [0.5, 0.6) is 23.0 Å². The topological polar surface area (TPSA) is 374 Å². The molecule has 0 bridgehead atoms. The van der Waals surface area contributed by atoms with Gasteiger partial charge in [-0.2, -0.15) is 15.8 Å². The Morgan fingerprint density at radius 1 is 0.446 bits per heavy atom. The number of hydrogen-bond acceptors (Lipinski definition) is 25. The van der Waals surface area contributed by atoms with Crippen LogP contribution in [0.3, 0.4) is 0 Å². The van der Waals surface area contributed by atoms with Crippen molar-refractivity contribution in [2.24, 2.45) is 16.2 Å². The number of carbonyl (C=O) groups is 4. The maximum Gasteiger partial charge on any atom is 0.573 e. The Balaban J connectivity index is 0.000000151. The van der Waals surface area contributed by atoms with Crippen LogP contribution in [-0.2, 0) is 43.2 Å². The van der Waals surface area contributed by atoms with E-state index in [0.717, 1.165) is 140 Å². The molecule has 13 aromatic rings. The van der Waals surface area contributed by atoms with E-state index in [1.54, 1.807) is 95.4 Å². The van der Waals surface area contributed by atoms with Crippen molar-refractivity contribution >= 4 is 108 Å². The first kappa shape index (κ1) is 103. The number of carboxylic acid groups (broad SMARTS) is 1. The molecule has 1 saturated heterocycles. The standard InChI is InChI=1S/C27H23F3N4O4.C26H21F3N4O4.C18H17IN4O.C15H18BF3O5.C9H6BrF3O3/c1-15-23(16(2)38-33-15)18-9-20-21(12-34(24(20)32-11-18)14-26(13-31)7-4-8-26)19-6-5-17(25(35)36-3)10-22(19)37-27(28,29)30;1-14-22(15(2)37-32-14)17-8-19-20(11-33(23(19)31-10-17)13-25(12-30)6-3-7-25)18-5-4-16(24(34)35)9-21(18)36-26(27,28)29;1-11-16(12(2)24-22-11)13-6-14-15(19)8-23(17(14)21-7-13)10-18(9-20)4-3-5-18;1-13(2)14(3,4)24-16(23-13)10-7-6-9(12(20)21-5)8-11(10)22-15(17,18)19;1-15-8(14)5-2-3-6(10)7(4-5)16-9(11,12)13/h5-6,9-12H,4,7-8,14H2,1-3H3;4-5,8-11H,3,6-7,13H2,1-2H3,(H,34,35);6-8H,3-5,10H2,1-2H3;6-8H,1-5H3;2-4H,1H3. The molecule has 0 spiro atoms. The number of nitrogens with zero attached hydrogens (tertiary/aromatic N) is 12. The Kier molecular flexibility index (Phi) is 29.7. The van der Waals surface area contributed by atoms with E-state index < -0.39 is 101 Å². The van der Waals surface area contributed by atoms with Gasteiger partial charge in [0, 0.05) is 138 Å². The molecule has 139 heavy (non-hydrogen) atoms. The molecule has 4 aromatic carbocycles. The number of carboxylic acids is 1. The quantitative estimate of drug-likeness (QED) is 0.0243. The predicted octanol–water partition coefficient (Wildman–Crippen LogP) is 23.0. The molecule has 0 amide bonds. The summed E-state index contributed by atoms with van der Waals surface area (Å²) in [5.74, 6) is -4.01. The van der Waals surface area contributed by atoms with E-state index in [9.17, 15) is 92.8 Å². The largest absolute Gasteiger partial charge is 0.573 e. The van der Waals surface area contributed by atoms with Gasteiger partial charge in [0.05, 0.1) is 111 Å². The Hall–Kier alpha value is -13.5. The molecule has 0 atom stereocenters. The van der Waals surface area contributed by atoms with Crippen molar-refractivity contribution in [3.63, 3.8) is 0 Å². The van der Waals surface area contributed by atoms with E-state index >= 15 is 0 Å². The highest BCUT2D eigenvalue weighted by Crippen LogP contribution is 2.50. The summed E-state index contributed by atoms with van der Waals surface area (Å²) in [5.41, 5.74) is 6.51. The van der Waals surface area contributed by atoms with E-state index in [1.807, 2.05) is 26.1 Å². The van der Waals surface area contributed by atoms with Gasteiger partial charge in [0.25, 0.3) is 0 Å². The number of esters is 3. The van der Waals surface area contributed by atoms with Crippen LogP contribution in [-0.4, -0.2) is 138 Å². The third kappa shape index (κ3) is 22.9. The Morgan fingerprint density at radius 2 is 0.755 bits per heavy atom. The van der Waals surface area contributed by atoms with Gasteiger partial charge in [0.15, 0.2) is 0 Å². The number of halogens is 14. The number of benzene rings is 4. The number of alkyl halides is 12. The summed E-state index contributed by atoms with van der Waals surface area (Å²) in [4.78, 5) is 60.1. The molecule has 9 aromatic heterocycles. The molecule has 0 unspecified atom stereocenters. The molecule has 3 aliphatic carbocycles. The third-order valence-electron chi connectivity index (χ3n) is 24.5. The zero-order chi connectivity index (χ0) is 101. The zero-order valence-corrected chi connectivity index (χ0v) is 80.1. The molecule has 1 N–H and O–H groups in total. The fraction of sp³-hybridized carbons (Fsp3) is 0.358. The van der Waals surface area contributed by atoms with Crippen molar-refractivity contribution in [1.82, 2.24) is 44.1 Å². The number of aromatic carboxylic acids is 1. The summed E-state index contributed by atoms with van der Waals surface area (Å²) < 4.78 is 218. The van der Waals surface area contributed by atoms with Crippen LogP contribution >= 0.6 is 38.5 Å². The maximum absolute atomic E-state index is 13.4. The van der Waals surface area contributed by atoms with Gasteiger partial charge >= 0.3 is 56.4 Å². The molecule has 4 aliphatic rings. The highest BCUT2D eigenvalue weighted by atomic mass is 127. The zero-order valence-electron chi connectivity index (χ0n) is 76.3. The second-order valence-electron chi connectivity index (χ2n) is 34.4. The normalized spacial score (nSPS) is 15.3. The number of fused-ring (bicyclic) bond motifs is 3. The van der Waals surface area contributed by atoms with Crippen molar-refractivity contribution < 1.29 is 133 Å². The van der Waals surface area contributed by atoms with E-state index in [2.05, 4.69) is 132 Å². The summed E-state index contributed by atoms with van der Waals surface area (Å²) in [6.07, 6.45) is -1.33. The van der Waals surface area contributed by atoms with Gasteiger partial charge < -0.3 is 74.8 Å². The van der Waals surface area contributed by atoms with Crippen molar-refractivity contribution in [1.29, 1.82) is 15.8 Å². The Labute approximate surface area is 806 Å². The molecular formula is C95H85BBrF12IN12O17. The summed E-state index contributed by atoms with van der Waals surface area (Å²) in [7, 11) is 2.35. The molecular weight excluding hydrogens is 2030 g/mol. The molecule has 0 radical (unpaired) electrons. The van der Waals surface area contributed by atoms with Crippen LogP contribution in [0.4, 0.5) is 52.7 Å². The maximum atomic E-state index is 13.4. The van der Waals surface area contributed by atoms with Crippen molar-refractivity contribution in [2.75, 3.05) is 21.3 Å². The second kappa shape index (κ2) is 40.1. The Morgan fingerprint density at radius 3 is 1.09 bits per heavy atom. The second-order valence-corrected chi connectivity index (χ2v) is 36.5. The van der Waals surface area contributed by atoms with E-state index in [4.69, 9.17) is 27.9 Å². The SMILES string of the molecule is COC(=O)c1ccc(-c2cn(CC3(C#N)CCC3)c3ncc(-c4c(C)noc4C)cc23)c(OC(F)(F)F)c1.COC(=O)c1ccc(B2OC(C)(C)C(C)(C)O2)c(OC(F)(F)F)c1.COC(=O)c1ccc(Br)c(OC(F)(F)F)c1.Cc1noc(C)c1-c1cnc2c(c1)c(-c1ccc(C(=O)O)cc1OC(F)(F)F)cn2CC1(C#N)CCC1.Cc1noc(C)c1-c1cnc2c(c1)c(I)cn2CC1(C#N)CCC1. The highest BCUT2D eigenvalue weighted by Gasteiger charge is 2.54. The smallest absolute Gasteiger partial charge is 0.478 e. The van der Waals surface area contributed by atoms with Gasteiger partial charge in [0.1, 0.15) is 57.2 Å². The van der Waals surface area contributed by atoms with E-state index in [1.165, 1.54) is 48.5 Å². The molecule has 4 fully saturated rings. The molecule has 17 rings (SSSR count). The molecule has 3 saturated carbocycles. The van der Waals surface area contributed by atoms with Crippen LogP contribution in [0, 0.1) is 95.4 Å². The number of aromatic nitrogens is 9. The van der Waals surface area contributed by atoms with Crippen LogP contribution in [0.1, 0.15) is 161 Å². The van der Waals surface area contributed by atoms with Crippen molar-refractivity contribution in [2.45, 2.75) is 183 Å². The molecule has 29 nitrogen and oxygen atoms in total. The van der Waals surface area contributed by atoms with Gasteiger partial charge in [-0.25, -0.2) is 34.1 Å². The number of hydrogen-bond donors (Lipinski definition) is 1. The van der Waals surface area contributed by atoms with Gasteiger partial charge in [-0.3, -0.25) is 0 Å². The van der Waals surface area contributed by atoms with Gasteiger partial charge in [0.2, 0.25) is 0 Å². The van der Waals surface area contributed by atoms with Gasteiger partial charge in [-0.15, -0.1) is 52.7 Å². The van der Waals surface area contributed by atoms with Crippen molar-refractivity contribution in [3.8, 4) is 96.8 Å². The minimum Gasteiger partial charge on any atom is -0.478 e. The van der Waals surface area contributed by atoms with Crippen LogP contribution in [0.2, 0.25) is 0 Å². The summed E-state index contributed by atoms with van der Waals surface area (Å²) >= 11 is 5.22. The van der Waals surface area contributed by atoms with Crippen LogP contribution in [0.25, 0.3) is 88.7 Å². The molecule has 44 heteroatoms. The number of pyridine rings is 3. The van der Waals surface area contributed by atoms with Crippen LogP contribution < -0.4 is 24.4 Å². The average molecular weight is 2110 g/mol. The molecule has 728 valence electrons. The Bertz CT molecular complexity index is 6950. The first-order valence-corrected chi connectivity index (χ1v) is 44.4. The van der Waals surface area contributed by atoms with Crippen molar-refractivity contribution in [3.05, 3.63) is 193 Å². The minimum absolute atomic E-state index is 0.0232. The van der Waals surface area contributed by atoms with E-state index in [-0.39, 0.29) is 48.7 Å². The summed E-state index contributed by atoms with van der Waals surface area (Å²) in [6, 6.07) is 27.3. The summed E-state index contributed by atoms with van der Waals surface area (Å²) in [5, 5.41) is 52.6. The number of rotatable bonds is 20. The monoisotopic (exact) mass is 2110 g/mol. The lowest BCUT2D eigenvalue weighted by atomic mass is 9.70. The minimum atomic E-state index is -5.04. The first-order valence-electron chi connectivity index (χ1n) is 42.5.